The van der Waals surface area contributed by atoms with E-state index in [0.29, 0.717) is 5.92 Å². The third-order valence-corrected chi connectivity index (χ3v) is 7.05. The second kappa shape index (κ2) is 12.2. The van der Waals surface area contributed by atoms with Crippen LogP contribution in [0.1, 0.15) is 28.2 Å². The van der Waals surface area contributed by atoms with Gasteiger partial charge < -0.3 is 0 Å². The molecule has 1 aliphatic rings. The Balaban J connectivity index is 0.000000161. The van der Waals surface area contributed by atoms with Gasteiger partial charge >= 0.3 is 0 Å². The molecule has 0 saturated carbocycles. The molecule has 1 unspecified atom stereocenters. The molecule has 0 aromatic heterocycles. The van der Waals surface area contributed by atoms with Gasteiger partial charge in [-0.2, -0.15) is 0 Å². The molecule has 0 spiro atoms. The van der Waals surface area contributed by atoms with Gasteiger partial charge in [0.1, 0.15) is 0 Å². The van der Waals surface area contributed by atoms with Gasteiger partial charge in [-0.05, 0) is 17.9 Å². The maximum atomic E-state index is 3.64. The van der Waals surface area contributed by atoms with E-state index in [0.717, 1.165) is 6.42 Å². The molecule has 6 aromatic rings. The summed E-state index contributed by atoms with van der Waals surface area (Å²) in [6.07, 6.45) is 4.66. The van der Waals surface area contributed by atoms with E-state index in [2.05, 4.69) is 152 Å². The van der Waals surface area contributed by atoms with E-state index in [1.54, 1.807) is 0 Å². The van der Waals surface area contributed by atoms with E-state index < -0.39 is 0 Å². The van der Waals surface area contributed by atoms with E-state index in [9.17, 15) is 0 Å². The van der Waals surface area contributed by atoms with E-state index >= 15 is 0 Å². The molecule has 0 amide bonds. The van der Waals surface area contributed by atoms with Crippen molar-refractivity contribution in [2.75, 3.05) is 0 Å². The third-order valence-electron chi connectivity index (χ3n) is 7.05. The summed E-state index contributed by atoms with van der Waals surface area (Å²) in [5, 5.41) is 2.63. The van der Waals surface area contributed by atoms with Crippen LogP contribution in [-0.4, -0.2) is 0 Å². The predicted molar refractivity (Wildman–Crippen MR) is 156 cm³/mol. The molecule has 1 aliphatic carbocycles. The molecule has 0 bridgehead atoms. The summed E-state index contributed by atoms with van der Waals surface area (Å²) >= 11 is 0. The topological polar surface area (TPSA) is 0 Å². The van der Waals surface area contributed by atoms with Gasteiger partial charge in [-0.15, -0.1) is 75.5 Å². The van der Waals surface area contributed by atoms with Crippen molar-refractivity contribution in [3.05, 3.63) is 180 Å². The number of benzene rings is 5. The first-order chi connectivity index (χ1) is 18.3. The van der Waals surface area contributed by atoms with Gasteiger partial charge in [-0.1, -0.05) is 126 Å². The Morgan fingerprint density at radius 2 is 1.16 bits per heavy atom. The molecule has 182 valence electrons. The van der Waals surface area contributed by atoms with Crippen LogP contribution in [0.25, 0.3) is 27.5 Å². The summed E-state index contributed by atoms with van der Waals surface area (Å²) in [5.74, 6) is 0.390. The van der Waals surface area contributed by atoms with Crippen LogP contribution in [0.3, 0.4) is 0 Å². The summed E-state index contributed by atoms with van der Waals surface area (Å²) < 4.78 is 0. The average Bonchev–Trinajstić information content (AvgIpc) is 3.57. The maximum absolute atomic E-state index is 3.64. The number of allylic oxidation sites excluding steroid dienone is 1. The Labute approximate surface area is 244 Å². The molecule has 0 saturated heterocycles. The van der Waals surface area contributed by atoms with Gasteiger partial charge in [0.05, 0.1) is 0 Å². The van der Waals surface area contributed by atoms with Crippen molar-refractivity contribution in [2.45, 2.75) is 12.3 Å². The average molecular weight is 651 g/mol. The van der Waals surface area contributed by atoms with Crippen molar-refractivity contribution in [3.63, 3.8) is 0 Å². The van der Waals surface area contributed by atoms with Crippen molar-refractivity contribution in [1.82, 2.24) is 0 Å². The van der Waals surface area contributed by atoms with E-state index in [1.807, 2.05) is 6.07 Å². The zero-order valence-electron chi connectivity index (χ0n) is 21.2. The molecule has 0 N–H and O–H groups in total. The predicted octanol–water partition coefficient (Wildman–Crippen LogP) is 9.48. The van der Waals surface area contributed by atoms with Crippen molar-refractivity contribution < 1.29 is 25.8 Å². The molecular formula is C37H28Hf-2. The normalized spacial score (nSPS) is 13.6. The fourth-order valence-electron chi connectivity index (χ4n) is 5.20. The molecule has 0 fully saturated rings. The summed E-state index contributed by atoms with van der Waals surface area (Å²) in [6.45, 7) is 0. The number of hydrogen-bond acceptors (Lipinski definition) is 0. The first-order valence-corrected chi connectivity index (χ1v) is 12.9. The SMILES string of the molecule is [C-]1=C(c2ccccc2)C(Cc2ccccc2)c2ccccc21.[Hf].c1ccc(-c2cc3ccccc3[cH-]2)cc1. The van der Waals surface area contributed by atoms with Crippen LogP contribution in [0.15, 0.2) is 152 Å². The summed E-state index contributed by atoms with van der Waals surface area (Å²) in [7, 11) is 0. The molecule has 1 atom stereocenters. The standard InChI is InChI=1S/C22H17.C15H11.Hf/c1-3-9-17(10-4-1)15-22-20-14-8-7-13-19(20)16-21(22)18-11-5-2-6-12-18;1-2-6-12(7-3-1)15-10-13-8-4-5-9-14(13)11-15;/h1-14,22H,15H2;1-11H;/q2*-1;. The molecule has 1 heteroatoms. The fourth-order valence-corrected chi connectivity index (χ4v) is 5.20. The van der Waals surface area contributed by atoms with Crippen LogP contribution in [0, 0.1) is 6.08 Å². The number of rotatable bonds is 4. The Kier molecular flexibility index (Phi) is 8.36. The molecule has 38 heavy (non-hydrogen) atoms. The Bertz CT molecular complexity index is 1590. The second-order valence-electron chi connectivity index (χ2n) is 9.47. The van der Waals surface area contributed by atoms with E-state index in [-0.39, 0.29) is 25.8 Å². The van der Waals surface area contributed by atoms with Crippen LogP contribution in [0.5, 0.6) is 0 Å². The number of hydrogen-bond donors (Lipinski definition) is 0. The van der Waals surface area contributed by atoms with E-state index in [4.69, 9.17) is 0 Å². The van der Waals surface area contributed by atoms with Gasteiger partial charge in [0.15, 0.2) is 0 Å². The van der Waals surface area contributed by atoms with Gasteiger partial charge in [0, 0.05) is 25.8 Å². The van der Waals surface area contributed by atoms with Crippen LogP contribution < -0.4 is 0 Å². The van der Waals surface area contributed by atoms with Crippen molar-refractivity contribution in [1.29, 1.82) is 0 Å². The molecule has 0 nitrogen and oxygen atoms in total. The number of fused-ring (bicyclic) bond motifs is 2. The summed E-state index contributed by atoms with van der Waals surface area (Å²) in [6, 6.07) is 53.5. The van der Waals surface area contributed by atoms with Crippen LogP contribution in [0.2, 0.25) is 0 Å². The van der Waals surface area contributed by atoms with Crippen molar-refractivity contribution in [3.8, 4) is 11.1 Å². The first-order valence-electron chi connectivity index (χ1n) is 12.9. The van der Waals surface area contributed by atoms with E-state index in [1.165, 1.54) is 49.7 Å². The summed E-state index contributed by atoms with van der Waals surface area (Å²) in [5.41, 5.74) is 9.18. The zero-order chi connectivity index (χ0) is 24.9. The Hall–Kier alpha value is -3.68. The van der Waals surface area contributed by atoms with Crippen LogP contribution >= 0.6 is 0 Å². The Morgan fingerprint density at radius 1 is 0.579 bits per heavy atom. The molecule has 0 heterocycles. The van der Waals surface area contributed by atoms with Gasteiger partial charge in [0.25, 0.3) is 0 Å². The minimum atomic E-state index is 0. The third kappa shape index (κ3) is 5.74. The molecule has 0 aliphatic heterocycles. The first kappa shape index (κ1) is 25.9. The maximum Gasteiger partial charge on any atom is 0 e. The molecular weight excluding hydrogens is 623 g/mol. The van der Waals surface area contributed by atoms with Gasteiger partial charge in [-0.3, -0.25) is 0 Å². The van der Waals surface area contributed by atoms with Crippen LogP contribution in [0.4, 0.5) is 0 Å². The monoisotopic (exact) mass is 652 g/mol. The zero-order valence-corrected chi connectivity index (χ0v) is 24.8. The van der Waals surface area contributed by atoms with Crippen molar-refractivity contribution >= 4 is 16.3 Å². The largest absolute Gasteiger partial charge is 0.146 e. The van der Waals surface area contributed by atoms with Crippen LogP contribution in [-0.2, 0) is 32.3 Å². The van der Waals surface area contributed by atoms with Crippen molar-refractivity contribution in [2.24, 2.45) is 0 Å². The molecule has 7 rings (SSSR count). The van der Waals surface area contributed by atoms with Gasteiger partial charge in [0.2, 0.25) is 0 Å². The smallest absolute Gasteiger partial charge is 0 e. The molecule has 6 aromatic carbocycles. The minimum Gasteiger partial charge on any atom is -0.146 e. The second-order valence-corrected chi connectivity index (χ2v) is 9.47. The minimum absolute atomic E-state index is 0. The Morgan fingerprint density at radius 3 is 1.87 bits per heavy atom. The summed E-state index contributed by atoms with van der Waals surface area (Å²) in [4.78, 5) is 0. The molecule has 0 radical (unpaired) electrons. The van der Waals surface area contributed by atoms with Gasteiger partial charge in [-0.25, -0.2) is 0 Å². The fraction of sp³-hybridized carbons (Fsp3) is 0.0541. The quantitative estimate of drug-likeness (QED) is 0.132.